The van der Waals surface area contributed by atoms with Gasteiger partial charge in [-0.05, 0) is 12.0 Å². The normalized spacial score (nSPS) is 25.5. The maximum absolute atomic E-state index is 11.6. The zero-order valence-corrected chi connectivity index (χ0v) is 11.3. The van der Waals surface area contributed by atoms with Gasteiger partial charge >= 0.3 is 0 Å². The molecule has 6 nitrogen and oxygen atoms in total. The highest BCUT2D eigenvalue weighted by atomic mass is 32.2. The van der Waals surface area contributed by atoms with Crippen LogP contribution in [0.15, 0.2) is 24.7 Å². The van der Waals surface area contributed by atoms with E-state index >= 15 is 0 Å². The summed E-state index contributed by atoms with van der Waals surface area (Å²) in [6.07, 6.45) is 4.87. The van der Waals surface area contributed by atoms with Crippen molar-refractivity contribution in [2.45, 2.75) is 13.0 Å². The van der Waals surface area contributed by atoms with Crippen LogP contribution in [0.25, 0.3) is 11.0 Å². The van der Waals surface area contributed by atoms with Gasteiger partial charge in [0, 0.05) is 24.6 Å². The van der Waals surface area contributed by atoms with Crippen LogP contribution in [-0.4, -0.2) is 40.9 Å². The summed E-state index contributed by atoms with van der Waals surface area (Å²) in [7, 11) is -2.94. The number of hydrogen-bond acceptors (Lipinski definition) is 6. The predicted octanol–water partition coefficient (Wildman–Crippen LogP) is 0.870. The molecule has 1 aliphatic heterocycles. The summed E-state index contributed by atoms with van der Waals surface area (Å²) < 4.78 is 23.2. The summed E-state index contributed by atoms with van der Waals surface area (Å²) in [6, 6.07) is 1.66. The lowest BCUT2D eigenvalue weighted by molar-refractivity contribution is 0.592. The lowest BCUT2D eigenvalue weighted by Crippen LogP contribution is -2.26. The van der Waals surface area contributed by atoms with Crippen molar-refractivity contribution in [3.8, 4) is 0 Å². The Hall–Kier alpha value is -1.76. The first-order valence-electron chi connectivity index (χ1n) is 6.08. The molecular weight excluding hydrogens is 264 g/mol. The molecule has 2 aromatic rings. The average molecular weight is 278 g/mol. The van der Waals surface area contributed by atoms with Crippen LogP contribution < -0.4 is 5.32 Å². The summed E-state index contributed by atoms with van der Waals surface area (Å²) in [4.78, 5) is 12.7. The molecule has 2 aromatic heterocycles. The highest BCUT2D eigenvalue weighted by Gasteiger charge is 2.35. The van der Waals surface area contributed by atoms with Crippen molar-refractivity contribution < 1.29 is 8.42 Å². The second kappa shape index (κ2) is 4.41. The molecule has 0 bridgehead atoms. The van der Waals surface area contributed by atoms with E-state index in [1.807, 2.05) is 6.92 Å². The fraction of sp³-hybridized carbons (Fsp3) is 0.417. The fourth-order valence-corrected chi connectivity index (χ4v) is 4.51. The van der Waals surface area contributed by atoms with Gasteiger partial charge in [0.1, 0.15) is 5.52 Å². The SMILES string of the molecule is C[C@@H]1CS(=O)(=O)C[C@@H]1Nc1nccc2nccnc12. The first-order valence-corrected chi connectivity index (χ1v) is 7.90. The minimum absolute atomic E-state index is 0.0683. The van der Waals surface area contributed by atoms with Crippen molar-refractivity contribution in [2.75, 3.05) is 16.8 Å². The Kier molecular flexibility index (Phi) is 2.85. The van der Waals surface area contributed by atoms with E-state index in [9.17, 15) is 8.42 Å². The summed E-state index contributed by atoms with van der Waals surface area (Å²) in [5.74, 6) is 1.03. The van der Waals surface area contributed by atoms with E-state index in [1.165, 1.54) is 0 Å². The third-order valence-electron chi connectivity index (χ3n) is 3.35. The molecule has 3 heterocycles. The van der Waals surface area contributed by atoms with Crippen LogP contribution >= 0.6 is 0 Å². The van der Waals surface area contributed by atoms with Crippen molar-refractivity contribution in [3.63, 3.8) is 0 Å². The van der Waals surface area contributed by atoms with E-state index in [4.69, 9.17) is 0 Å². The average Bonchev–Trinajstić information content (AvgIpc) is 2.63. The second-order valence-corrected chi connectivity index (χ2v) is 7.04. The lowest BCUT2D eigenvalue weighted by atomic mass is 10.1. The lowest BCUT2D eigenvalue weighted by Gasteiger charge is -2.16. The van der Waals surface area contributed by atoms with Crippen molar-refractivity contribution in [3.05, 3.63) is 24.7 Å². The first kappa shape index (κ1) is 12.3. The Labute approximate surface area is 111 Å². The molecule has 1 fully saturated rings. The zero-order valence-electron chi connectivity index (χ0n) is 10.4. The van der Waals surface area contributed by atoms with Gasteiger partial charge in [0.2, 0.25) is 0 Å². The minimum atomic E-state index is -2.94. The Balaban J connectivity index is 1.94. The van der Waals surface area contributed by atoms with E-state index < -0.39 is 9.84 Å². The molecule has 1 saturated heterocycles. The van der Waals surface area contributed by atoms with Gasteiger partial charge in [0.25, 0.3) is 0 Å². The van der Waals surface area contributed by atoms with Crippen LogP contribution in [0.1, 0.15) is 6.92 Å². The standard InChI is InChI=1S/C12H14N4O2S/c1-8-6-19(17,18)7-10(8)16-12-11-9(2-3-15-12)13-4-5-14-11/h2-5,8,10H,6-7H2,1H3,(H,15,16)/t8-,10+/m1/s1. The number of fused-ring (bicyclic) bond motifs is 1. The number of anilines is 1. The molecule has 0 spiro atoms. The van der Waals surface area contributed by atoms with Gasteiger partial charge in [-0.15, -0.1) is 0 Å². The maximum atomic E-state index is 11.6. The Bertz CT molecular complexity index is 711. The molecule has 0 amide bonds. The topological polar surface area (TPSA) is 84.8 Å². The smallest absolute Gasteiger partial charge is 0.154 e. The van der Waals surface area contributed by atoms with Crippen LogP contribution in [-0.2, 0) is 9.84 Å². The third kappa shape index (κ3) is 2.37. The van der Waals surface area contributed by atoms with Gasteiger partial charge in [0.05, 0.1) is 17.0 Å². The van der Waals surface area contributed by atoms with Crippen molar-refractivity contribution in [1.29, 1.82) is 0 Å². The predicted molar refractivity (Wildman–Crippen MR) is 72.6 cm³/mol. The van der Waals surface area contributed by atoms with Crippen LogP contribution in [0.4, 0.5) is 5.82 Å². The highest BCUT2D eigenvalue weighted by molar-refractivity contribution is 7.91. The van der Waals surface area contributed by atoms with E-state index in [0.29, 0.717) is 11.3 Å². The molecular formula is C12H14N4O2S. The van der Waals surface area contributed by atoms with Crippen LogP contribution in [0, 0.1) is 5.92 Å². The summed E-state index contributed by atoms with van der Waals surface area (Å²) >= 11 is 0. The van der Waals surface area contributed by atoms with Gasteiger partial charge < -0.3 is 5.32 Å². The van der Waals surface area contributed by atoms with E-state index in [0.717, 1.165) is 5.52 Å². The molecule has 0 aromatic carbocycles. The number of hydrogen-bond donors (Lipinski definition) is 1. The third-order valence-corrected chi connectivity index (χ3v) is 5.25. The highest BCUT2D eigenvalue weighted by Crippen LogP contribution is 2.24. The molecule has 0 radical (unpaired) electrons. The van der Waals surface area contributed by atoms with Gasteiger partial charge in [-0.1, -0.05) is 6.92 Å². The number of aromatic nitrogens is 3. The fourth-order valence-electron chi connectivity index (χ4n) is 2.38. The Morgan fingerprint density at radius 2 is 1.95 bits per heavy atom. The molecule has 7 heteroatoms. The largest absolute Gasteiger partial charge is 0.364 e. The van der Waals surface area contributed by atoms with E-state index in [1.54, 1.807) is 24.7 Å². The molecule has 2 atom stereocenters. The molecule has 0 aliphatic carbocycles. The molecule has 0 unspecified atom stereocenters. The number of sulfone groups is 1. The van der Waals surface area contributed by atoms with E-state index in [2.05, 4.69) is 20.3 Å². The number of nitrogens with zero attached hydrogens (tertiary/aromatic N) is 3. The maximum Gasteiger partial charge on any atom is 0.154 e. The molecule has 1 aliphatic rings. The van der Waals surface area contributed by atoms with Gasteiger partial charge in [-0.3, -0.25) is 4.98 Å². The van der Waals surface area contributed by atoms with Gasteiger partial charge in [-0.25, -0.2) is 18.4 Å². The van der Waals surface area contributed by atoms with Crippen molar-refractivity contribution in [1.82, 2.24) is 15.0 Å². The quantitative estimate of drug-likeness (QED) is 0.877. The van der Waals surface area contributed by atoms with Crippen LogP contribution in [0.5, 0.6) is 0 Å². The van der Waals surface area contributed by atoms with E-state index in [-0.39, 0.29) is 23.5 Å². The van der Waals surface area contributed by atoms with Gasteiger partial charge in [0.15, 0.2) is 15.7 Å². The second-order valence-electron chi connectivity index (χ2n) is 4.89. The monoisotopic (exact) mass is 278 g/mol. The number of pyridine rings is 1. The van der Waals surface area contributed by atoms with Crippen molar-refractivity contribution >= 4 is 26.7 Å². The number of rotatable bonds is 2. The molecule has 19 heavy (non-hydrogen) atoms. The molecule has 3 rings (SSSR count). The minimum Gasteiger partial charge on any atom is -0.364 e. The number of nitrogens with one attached hydrogen (secondary N) is 1. The zero-order chi connectivity index (χ0) is 13.5. The summed E-state index contributed by atoms with van der Waals surface area (Å²) in [5.41, 5.74) is 1.41. The van der Waals surface area contributed by atoms with Gasteiger partial charge in [-0.2, -0.15) is 0 Å². The first-order chi connectivity index (χ1) is 9.05. The van der Waals surface area contributed by atoms with Crippen LogP contribution in [0.2, 0.25) is 0 Å². The summed E-state index contributed by atoms with van der Waals surface area (Å²) in [5, 5.41) is 3.20. The molecule has 1 N–H and O–H groups in total. The Morgan fingerprint density at radius 3 is 2.68 bits per heavy atom. The molecule has 0 saturated carbocycles. The van der Waals surface area contributed by atoms with Crippen molar-refractivity contribution in [2.24, 2.45) is 5.92 Å². The van der Waals surface area contributed by atoms with Crippen LogP contribution in [0.3, 0.4) is 0 Å². The molecule has 100 valence electrons. The Morgan fingerprint density at radius 1 is 1.16 bits per heavy atom. The summed E-state index contributed by atoms with van der Waals surface area (Å²) in [6.45, 7) is 1.93.